The molecule has 3 aromatic rings. The topological polar surface area (TPSA) is 16.8 Å². The summed E-state index contributed by atoms with van der Waals surface area (Å²) in [4.78, 5) is 4.04. The van der Waals surface area contributed by atoms with E-state index in [9.17, 15) is 0 Å². The first-order valence-corrected chi connectivity index (χ1v) is 6.32. The SMILES string of the molecule is Cc1ccc(-[n+]2ccc(-c3ccncc3)cc2)cc1.Cl.[Cl-]. The van der Waals surface area contributed by atoms with Crippen LogP contribution in [0.1, 0.15) is 5.56 Å². The molecule has 2 nitrogen and oxygen atoms in total. The van der Waals surface area contributed by atoms with E-state index in [0.29, 0.717) is 0 Å². The molecule has 0 N–H and O–H groups in total. The van der Waals surface area contributed by atoms with Gasteiger partial charge in [-0.25, -0.2) is 0 Å². The fourth-order valence-corrected chi connectivity index (χ4v) is 2.05. The summed E-state index contributed by atoms with van der Waals surface area (Å²) in [6.45, 7) is 2.10. The van der Waals surface area contributed by atoms with Crippen molar-refractivity contribution in [2.24, 2.45) is 0 Å². The van der Waals surface area contributed by atoms with Crippen LogP contribution in [0.15, 0.2) is 73.3 Å². The molecule has 0 aliphatic carbocycles. The Morgan fingerprint density at radius 2 is 1.29 bits per heavy atom. The second kappa shape index (κ2) is 7.77. The first-order chi connectivity index (χ1) is 9.33. The molecule has 2 aromatic heterocycles. The molecular formula is C17H16Cl2N2. The Morgan fingerprint density at radius 1 is 0.762 bits per heavy atom. The smallest absolute Gasteiger partial charge is 0.210 e. The number of pyridine rings is 2. The maximum Gasteiger partial charge on any atom is 0.210 e. The molecule has 0 bridgehead atoms. The summed E-state index contributed by atoms with van der Waals surface area (Å²) in [5, 5.41) is 0. The van der Waals surface area contributed by atoms with Gasteiger partial charge in [-0.2, -0.15) is 4.57 Å². The zero-order valence-corrected chi connectivity index (χ0v) is 13.2. The van der Waals surface area contributed by atoms with Crippen LogP contribution in [0.3, 0.4) is 0 Å². The van der Waals surface area contributed by atoms with Gasteiger partial charge in [0.05, 0.1) is 0 Å². The van der Waals surface area contributed by atoms with Crippen LogP contribution in [0.2, 0.25) is 0 Å². The van der Waals surface area contributed by atoms with Crippen molar-refractivity contribution in [1.29, 1.82) is 0 Å². The summed E-state index contributed by atoms with van der Waals surface area (Å²) in [7, 11) is 0. The standard InChI is InChI=1S/C17H15N2.2ClH/c1-14-2-4-17(5-3-14)19-12-8-16(9-13-19)15-6-10-18-11-7-15;;/h2-13H,1H3;2*1H/q+1;;/p-1. The largest absolute Gasteiger partial charge is 1.00 e. The summed E-state index contributed by atoms with van der Waals surface area (Å²) in [6.07, 6.45) is 7.80. The lowest BCUT2D eigenvalue weighted by Gasteiger charge is -2.00. The average Bonchev–Trinajstić information content (AvgIpc) is 2.49. The molecule has 0 aliphatic heterocycles. The predicted molar refractivity (Wildman–Crippen MR) is 83.2 cm³/mol. The molecule has 108 valence electrons. The van der Waals surface area contributed by atoms with Crippen LogP contribution < -0.4 is 17.0 Å². The molecule has 0 aliphatic rings. The molecule has 21 heavy (non-hydrogen) atoms. The van der Waals surface area contributed by atoms with E-state index in [4.69, 9.17) is 0 Å². The zero-order valence-electron chi connectivity index (χ0n) is 11.6. The summed E-state index contributed by atoms with van der Waals surface area (Å²) < 4.78 is 2.12. The minimum Gasteiger partial charge on any atom is -1.00 e. The minimum atomic E-state index is 0. The Hall–Kier alpha value is -1.90. The van der Waals surface area contributed by atoms with E-state index < -0.39 is 0 Å². The number of aromatic nitrogens is 2. The van der Waals surface area contributed by atoms with E-state index in [0.717, 1.165) is 0 Å². The molecule has 0 saturated carbocycles. The van der Waals surface area contributed by atoms with Gasteiger partial charge in [-0.1, -0.05) is 17.7 Å². The van der Waals surface area contributed by atoms with Crippen LogP contribution in [-0.4, -0.2) is 4.98 Å². The zero-order chi connectivity index (χ0) is 13.1. The van der Waals surface area contributed by atoms with Gasteiger partial charge < -0.3 is 12.4 Å². The molecular weight excluding hydrogens is 303 g/mol. The lowest BCUT2D eigenvalue weighted by atomic mass is 10.1. The van der Waals surface area contributed by atoms with Crippen LogP contribution in [0.5, 0.6) is 0 Å². The number of nitrogens with zero attached hydrogens (tertiary/aromatic N) is 2. The highest BCUT2D eigenvalue weighted by atomic mass is 35.5. The molecule has 0 fully saturated rings. The number of aryl methyl sites for hydroxylation is 1. The average molecular weight is 319 g/mol. The fourth-order valence-electron chi connectivity index (χ4n) is 2.05. The highest BCUT2D eigenvalue weighted by Gasteiger charge is 2.05. The molecule has 0 amide bonds. The number of hydrogen-bond donors (Lipinski definition) is 0. The quantitative estimate of drug-likeness (QED) is 0.637. The minimum absolute atomic E-state index is 0. The van der Waals surface area contributed by atoms with Crippen molar-refractivity contribution >= 4 is 12.4 Å². The van der Waals surface area contributed by atoms with Gasteiger partial charge in [-0.3, -0.25) is 4.98 Å². The second-order valence-corrected chi connectivity index (χ2v) is 4.57. The molecule has 0 spiro atoms. The van der Waals surface area contributed by atoms with Crippen LogP contribution >= 0.6 is 12.4 Å². The lowest BCUT2D eigenvalue weighted by Crippen LogP contribution is -3.00. The Balaban J connectivity index is 0.00000110. The normalized spacial score (nSPS) is 9.38. The summed E-state index contributed by atoms with van der Waals surface area (Å²) in [5.74, 6) is 0. The Morgan fingerprint density at radius 3 is 1.86 bits per heavy atom. The highest BCUT2D eigenvalue weighted by Crippen LogP contribution is 2.16. The molecule has 4 heteroatoms. The van der Waals surface area contributed by atoms with Gasteiger partial charge in [0.2, 0.25) is 5.69 Å². The maximum atomic E-state index is 4.04. The van der Waals surface area contributed by atoms with Crippen LogP contribution in [0.25, 0.3) is 16.8 Å². The molecule has 0 saturated heterocycles. The molecule has 1 aromatic carbocycles. The number of benzene rings is 1. The summed E-state index contributed by atoms with van der Waals surface area (Å²) in [6, 6.07) is 16.8. The third-order valence-electron chi connectivity index (χ3n) is 3.18. The van der Waals surface area contributed by atoms with Gasteiger partial charge >= 0.3 is 0 Å². The van der Waals surface area contributed by atoms with E-state index in [-0.39, 0.29) is 24.8 Å². The van der Waals surface area contributed by atoms with Gasteiger partial charge in [-0.15, -0.1) is 12.4 Å². The molecule has 2 heterocycles. The maximum absolute atomic E-state index is 4.04. The number of hydrogen-bond acceptors (Lipinski definition) is 1. The Kier molecular flexibility index (Phi) is 6.35. The summed E-state index contributed by atoms with van der Waals surface area (Å²) >= 11 is 0. The fraction of sp³-hybridized carbons (Fsp3) is 0.0588. The van der Waals surface area contributed by atoms with E-state index in [1.54, 1.807) is 0 Å². The van der Waals surface area contributed by atoms with Crippen molar-refractivity contribution in [3.05, 3.63) is 78.9 Å². The molecule has 0 unspecified atom stereocenters. The number of rotatable bonds is 2. The van der Waals surface area contributed by atoms with Gasteiger partial charge in [0.15, 0.2) is 12.4 Å². The van der Waals surface area contributed by atoms with Crippen molar-refractivity contribution in [3.63, 3.8) is 0 Å². The first-order valence-electron chi connectivity index (χ1n) is 6.32. The first kappa shape index (κ1) is 17.2. The Labute approximate surface area is 137 Å². The summed E-state index contributed by atoms with van der Waals surface area (Å²) in [5.41, 5.74) is 4.83. The highest BCUT2D eigenvalue weighted by molar-refractivity contribution is 5.85. The van der Waals surface area contributed by atoms with Crippen molar-refractivity contribution in [1.82, 2.24) is 4.98 Å². The van der Waals surface area contributed by atoms with Crippen LogP contribution in [0, 0.1) is 6.92 Å². The van der Waals surface area contributed by atoms with E-state index >= 15 is 0 Å². The third kappa shape index (κ3) is 4.03. The lowest BCUT2D eigenvalue weighted by molar-refractivity contribution is -0.595. The van der Waals surface area contributed by atoms with Crippen LogP contribution in [-0.2, 0) is 0 Å². The monoisotopic (exact) mass is 318 g/mol. The van der Waals surface area contributed by atoms with Gasteiger partial charge in [0.1, 0.15) is 0 Å². The van der Waals surface area contributed by atoms with Crippen molar-refractivity contribution in [3.8, 4) is 16.8 Å². The van der Waals surface area contributed by atoms with Crippen molar-refractivity contribution in [2.75, 3.05) is 0 Å². The van der Waals surface area contributed by atoms with Gasteiger partial charge in [0.25, 0.3) is 0 Å². The van der Waals surface area contributed by atoms with E-state index in [2.05, 4.69) is 65.3 Å². The van der Waals surface area contributed by atoms with E-state index in [1.165, 1.54) is 22.4 Å². The Bertz CT molecular complexity index is 665. The van der Waals surface area contributed by atoms with Gasteiger partial charge in [-0.05, 0) is 30.2 Å². The third-order valence-corrected chi connectivity index (χ3v) is 3.18. The predicted octanol–water partition coefficient (Wildman–Crippen LogP) is 0.760. The molecule has 0 atom stereocenters. The van der Waals surface area contributed by atoms with Crippen molar-refractivity contribution in [2.45, 2.75) is 6.92 Å². The van der Waals surface area contributed by atoms with Gasteiger partial charge in [0, 0.05) is 36.7 Å². The number of halogens is 2. The van der Waals surface area contributed by atoms with E-state index in [1.807, 2.05) is 24.5 Å². The molecule has 3 rings (SSSR count). The second-order valence-electron chi connectivity index (χ2n) is 4.57. The molecule has 0 radical (unpaired) electrons. The van der Waals surface area contributed by atoms with Crippen LogP contribution in [0.4, 0.5) is 0 Å². The van der Waals surface area contributed by atoms with Crippen molar-refractivity contribution < 1.29 is 17.0 Å².